The Morgan fingerprint density at radius 1 is 1.22 bits per heavy atom. The standard InChI is InChI=1S/C15H15ClF2N2O3/c1-7(2)23-12-6-11(10(17)5-9(12)16)20-14(21)13(18)8(3)19(4)15(20)22/h5-7H,1-4H3. The maximum atomic E-state index is 14.2. The van der Waals surface area contributed by atoms with E-state index in [0.717, 1.165) is 16.7 Å². The highest BCUT2D eigenvalue weighted by Crippen LogP contribution is 2.29. The van der Waals surface area contributed by atoms with Crippen LogP contribution in [0.15, 0.2) is 21.7 Å². The molecule has 1 heterocycles. The highest BCUT2D eigenvalue weighted by Gasteiger charge is 2.20. The summed E-state index contributed by atoms with van der Waals surface area (Å²) in [6, 6.07) is 2.02. The zero-order valence-corrected chi connectivity index (χ0v) is 13.7. The molecule has 124 valence electrons. The minimum atomic E-state index is -1.23. The first-order valence-corrected chi connectivity index (χ1v) is 7.17. The Morgan fingerprint density at radius 2 is 1.83 bits per heavy atom. The number of ether oxygens (including phenoxy) is 1. The highest BCUT2D eigenvalue weighted by atomic mass is 35.5. The predicted molar refractivity (Wildman–Crippen MR) is 82.7 cm³/mol. The number of halogens is 3. The van der Waals surface area contributed by atoms with Crippen LogP contribution in [-0.4, -0.2) is 15.2 Å². The Bertz CT molecular complexity index is 851. The highest BCUT2D eigenvalue weighted by molar-refractivity contribution is 6.32. The second-order valence-electron chi connectivity index (χ2n) is 5.28. The van der Waals surface area contributed by atoms with Crippen LogP contribution in [0.25, 0.3) is 5.69 Å². The van der Waals surface area contributed by atoms with Crippen molar-refractivity contribution in [1.82, 2.24) is 9.13 Å². The fourth-order valence-corrected chi connectivity index (χ4v) is 2.22. The second-order valence-corrected chi connectivity index (χ2v) is 5.69. The van der Waals surface area contributed by atoms with Crippen LogP contribution in [0, 0.1) is 18.6 Å². The third-order valence-electron chi connectivity index (χ3n) is 3.29. The van der Waals surface area contributed by atoms with Crippen molar-refractivity contribution in [2.24, 2.45) is 7.05 Å². The molecule has 2 aromatic rings. The van der Waals surface area contributed by atoms with Gasteiger partial charge in [-0.3, -0.25) is 9.36 Å². The van der Waals surface area contributed by atoms with E-state index >= 15 is 0 Å². The summed E-state index contributed by atoms with van der Waals surface area (Å²) in [4.78, 5) is 24.3. The van der Waals surface area contributed by atoms with Gasteiger partial charge in [-0.1, -0.05) is 11.6 Å². The van der Waals surface area contributed by atoms with Gasteiger partial charge in [-0.25, -0.2) is 13.8 Å². The lowest BCUT2D eigenvalue weighted by Crippen LogP contribution is -2.41. The molecule has 0 N–H and O–H groups in total. The molecule has 0 aliphatic heterocycles. The largest absolute Gasteiger partial charge is 0.489 e. The minimum absolute atomic E-state index is 0.0163. The Labute approximate surface area is 135 Å². The van der Waals surface area contributed by atoms with Gasteiger partial charge in [0.05, 0.1) is 22.5 Å². The lowest BCUT2D eigenvalue weighted by atomic mass is 10.2. The Kier molecular flexibility index (Phi) is 4.61. The van der Waals surface area contributed by atoms with Gasteiger partial charge in [0.1, 0.15) is 11.6 Å². The third-order valence-corrected chi connectivity index (χ3v) is 3.59. The molecule has 0 atom stereocenters. The molecule has 0 radical (unpaired) electrons. The van der Waals surface area contributed by atoms with Gasteiger partial charge in [0.25, 0.3) is 5.56 Å². The summed E-state index contributed by atoms with van der Waals surface area (Å²) in [5, 5.41) is -0.0163. The molecule has 0 amide bonds. The molecule has 1 aromatic heterocycles. The molecule has 0 bridgehead atoms. The van der Waals surface area contributed by atoms with Crippen molar-refractivity contribution < 1.29 is 13.5 Å². The normalized spacial score (nSPS) is 11.1. The lowest BCUT2D eigenvalue weighted by molar-refractivity contribution is 0.242. The van der Waals surface area contributed by atoms with Crippen LogP contribution in [0.1, 0.15) is 19.5 Å². The van der Waals surface area contributed by atoms with E-state index in [-0.39, 0.29) is 22.6 Å². The molecular formula is C15H15ClF2N2O3. The fourth-order valence-electron chi connectivity index (χ4n) is 2.03. The van der Waals surface area contributed by atoms with Gasteiger partial charge in [0.15, 0.2) is 0 Å². The Hall–Kier alpha value is -2.15. The van der Waals surface area contributed by atoms with E-state index in [0.29, 0.717) is 4.57 Å². The molecule has 23 heavy (non-hydrogen) atoms. The monoisotopic (exact) mass is 344 g/mol. The molecule has 8 heteroatoms. The summed E-state index contributed by atoms with van der Waals surface area (Å²) in [5.74, 6) is -1.98. The number of benzene rings is 1. The number of rotatable bonds is 3. The fraction of sp³-hybridized carbons (Fsp3) is 0.333. The summed E-state index contributed by atoms with van der Waals surface area (Å²) in [5.41, 5.74) is -2.66. The number of aromatic nitrogens is 2. The average molecular weight is 345 g/mol. The van der Waals surface area contributed by atoms with E-state index in [2.05, 4.69) is 0 Å². The van der Waals surface area contributed by atoms with Crippen molar-refractivity contribution >= 4 is 11.6 Å². The summed E-state index contributed by atoms with van der Waals surface area (Å²) in [7, 11) is 1.29. The molecule has 1 aromatic carbocycles. The molecule has 0 aliphatic rings. The summed E-state index contributed by atoms with van der Waals surface area (Å²) < 4.78 is 34.9. The summed E-state index contributed by atoms with van der Waals surface area (Å²) >= 11 is 5.89. The predicted octanol–water partition coefficient (Wildman–Crippen LogP) is 2.56. The molecule has 0 unspecified atom stereocenters. The van der Waals surface area contributed by atoms with E-state index in [1.807, 2.05) is 0 Å². The zero-order chi connectivity index (χ0) is 17.5. The number of hydrogen-bond donors (Lipinski definition) is 0. The van der Waals surface area contributed by atoms with Gasteiger partial charge in [0, 0.05) is 13.1 Å². The van der Waals surface area contributed by atoms with Crippen molar-refractivity contribution in [2.75, 3.05) is 0 Å². The smallest absolute Gasteiger partial charge is 0.335 e. The van der Waals surface area contributed by atoms with Crippen molar-refractivity contribution in [3.63, 3.8) is 0 Å². The van der Waals surface area contributed by atoms with Crippen molar-refractivity contribution in [1.29, 1.82) is 0 Å². The zero-order valence-electron chi connectivity index (χ0n) is 13.0. The molecular weight excluding hydrogens is 330 g/mol. The quantitative estimate of drug-likeness (QED) is 0.860. The second kappa shape index (κ2) is 6.16. The van der Waals surface area contributed by atoms with E-state index in [1.54, 1.807) is 13.8 Å². The van der Waals surface area contributed by atoms with Crippen molar-refractivity contribution in [3.05, 3.63) is 55.3 Å². The van der Waals surface area contributed by atoms with E-state index in [1.165, 1.54) is 14.0 Å². The van der Waals surface area contributed by atoms with Gasteiger partial charge >= 0.3 is 5.69 Å². The van der Waals surface area contributed by atoms with E-state index < -0.39 is 28.6 Å². The van der Waals surface area contributed by atoms with Gasteiger partial charge in [-0.2, -0.15) is 4.39 Å². The molecule has 0 spiro atoms. The topological polar surface area (TPSA) is 53.2 Å². The minimum Gasteiger partial charge on any atom is -0.489 e. The maximum Gasteiger partial charge on any atom is 0.335 e. The molecule has 0 saturated carbocycles. The van der Waals surface area contributed by atoms with Gasteiger partial charge in [0.2, 0.25) is 5.82 Å². The van der Waals surface area contributed by atoms with Crippen LogP contribution in [0.5, 0.6) is 5.75 Å². The van der Waals surface area contributed by atoms with Crippen LogP contribution in [0.4, 0.5) is 8.78 Å². The Morgan fingerprint density at radius 3 is 2.39 bits per heavy atom. The molecule has 5 nitrogen and oxygen atoms in total. The first-order valence-electron chi connectivity index (χ1n) is 6.79. The SMILES string of the molecule is Cc1c(F)c(=O)n(-c2cc(OC(C)C)c(Cl)cc2F)c(=O)n1C. The van der Waals surface area contributed by atoms with Crippen LogP contribution >= 0.6 is 11.6 Å². The molecule has 0 fully saturated rings. The average Bonchev–Trinajstić information content (AvgIpc) is 2.47. The van der Waals surface area contributed by atoms with Gasteiger partial charge in [-0.15, -0.1) is 0 Å². The lowest BCUT2D eigenvalue weighted by Gasteiger charge is -2.15. The van der Waals surface area contributed by atoms with E-state index in [4.69, 9.17) is 16.3 Å². The van der Waals surface area contributed by atoms with E-state index in [9.17, 15) is 18.4 Å². The van der Waals surface area contributed by atoms with Crippen molar-refractivity contribution in [2.45, 2.75) is 26.9 Å². The summed E-state index contributed by atoms with van der Waals surface area (Å²) in [6.07, 6.45) is -0.264. The summed E-state index contributed by atoms with van der Waals surface area (Å²) in [6.45, 7) is 4.75. The third kappa shape index (κ3) is 3.01. The van der Waals surface area contributed by atoms with Crippen LogP contribution in [-0.2, 0) is 7.05 Å². The molecule has 0 aliphatic carbocycles. The number of nitrogens with zero attached hydrogens (tertiary/aromatic N) is 2. The van der Waals surface area contributed by atoms with Gasteiger partial charge in [-0.05, 0) is 26.8 Å². The maximum absolute atomic E-state index is 14.2. The van der Waals surface area contributed by atoms with Crippen LogP contribution < -0.4 is 16.0 Å². The van der Waals surface area contributed by atoms with Crippen LogP contribution in [0.3, 0.4) is 0 Å². The first kappa shape index (κ1) is 17.2. The first-order chi connectivity index (χ1) is 10.6. The Balaban J connectivity index is 2.83. The van der Waals surface area contributed by atoms with Crippen molar-refractivity contribution in [3.8, 4) is 11.4 Å². The molecule has 0 saturated heterocycles. The van der Waals surface area contributed by atoms with Gasteiger partial charge < -0.3 is 4.74 Å². The molecule has 2 rings (SSSR count). The van der Waals surface area contributed by atoms with Crippen LogP contribution in [0.2, 0.25) is 5.02 Å². The number of hydrogen-bond acceptors (Lipinski definition) is 3.